The van der Waals surface area contributed by atoms with Crippen molar-refractivity contribution in [3.63, 3.8) is 0 Å². The molecule has 0 bridgehead atoms. The molecule has 1 amide bonds. The van der Waals surface area contributed by atoms with Gasteiger partial charge in [-0.1, -0.05) is 36.4 Å². The van der Waals surface area contributed by atoms with Gasteiger partial charge in [0, 0.05) is 19.6 Å². The highest BCUT2D eigenvalue weighted by Gasteiger charge is 2.35. The van der Waals surface area contributed by atoms with Crippen molar-refractivity contribution in [2.24, 2.45) is 0 Å². The fourth-order valence-electron chi connectivity index (χ4n) is 5.39. The van der Waals surface area contributed by atoms with Crippen molar-refractivity contribution in [1.82, 2.24) is 29.5 Å². The highest BCUT2D eigenvalue weighted by molar-refractivity contribution is 6.29. The predicted molar refractivity (Wildman–Crippen MR) is 166 cm³/mol. The van der Waals surface area contributed by atoms with E-state index in [9.17, 15) is 10.1 Å². The molecule has 13 heteroatoms. The number of piperazine rings is 1. The molecule has 0 spiro atoms. The van der Waals surface area contributed by atoms with E-state index in [-0.39, 0.29) is 35.3 Å². The lowest BCUT2D eigenvalue weighted by Crippen LogP contribution is -2.56. The quantitative estimate of drug-likeness (QED) is 0.207. The molecule has 11 nitrogen and oxygen atoms in total. The molecule has 1 atom stereocenters. The third-order valence-corrected chi connectivity index (χ3v) is 7.50. The Morgan fingerprint density at radius 1 is 1.09 bits per heavy atom. The first-order valence-corrected chi connectivity index (χ1v) is 14.8. The Labute approximate surface area is 263 Å². The number of anilines is 1. The van der Waals surface area contributed by atoms with Gasteiger partial charge in [0.25, 0.3) is 0 Å². The van der Waals surface area contributed by atoms with Crippen LogP contribution in [-0.4, -0.2) is 66.8 Å². The first kappa shape index (κ1) is 30.0. The summed E-state index contributed by atoms with van der Waals surface area (Å²) in [5.74, 6) is 0.402. The minimum absolute atomic E-state index is 0.0553. The predicted octanol–water partition coefficient (Wildman–Crippen LogP) is 6.05. The maximum atomic E-state index is 15.6. The van der Waals surface area contributed by atoms with Crippen LogP contribution < -0.4 is 9.64 Å². The second-order valence-corrected chi connectivity index (χ2v) is 11.9. The number of nitriles is 1. The lowest BCUT2D eigenvalue weighted by atomic mass is 10.1. The smallest absolute Gasteiger partial charge is 0.410 e. The lowest BCUT2D eigenvalue weighted by Gasteiger charge is -2.41. The third-order valence-electron chi connectivity index (χ3n) is 7.33. The van der Waals surface area contributed by atoms with Crippen LogP contribution in [0.15, 0.2) is 60.8 Å². The minimum Gasteiger partial charge on any atom is -0.488 e. The zero-order valence-corrected chi connectivity index (χ0v) is 25.7. The molecular weight excluding hydrogens is 599 g/mol. The summed E-state index contributed by atoms with van der Waals surface area (Å²) >= 11 is 6.45. The molecule has 1 aliphatic rings. The molecule has 1 aliphatic heterocycles. The highest BCUT2D eigenvalue weighted by atomic mass is 35.5. The summed E-state index contributed by atoms with van der Waals surface area (Å²) in [6.07, 6.45) is 1.20. The standard InChI is InChI=1S/C32H30ClFN8O3/c1-32(2,3)45-31(43)41-17-16-40(18-21(41)12-14-35)28-26-23-13-15-36-42(23)29(37-27(26)38-30(33)39-28)25-22(34)10-7-11-24(25)44-19-20-8-5-4-6-9-20/h4-11,13,15,21H,12,16-19H2,1-3H3/t21-/m0/s1. The summed E-state index contributed by atoms with van der Waals surface area (Å²) in [6.45, 7) is 6.60. The molecule has 5 aromatic rings. The lowest BCUT2D eigenvalue weighted by molar-refractivity contribution is 0.0145. The zero-order valence-electron chi connectivity index (χ0n) is 24.9. The molecule has 3 aromatic heterocycles. The second-order valence-electron chi connectivity index (χ2n) is 11.6. The van der Waals surface area contributed by atoms with Crippen molar-refractivity contribution in [2.45, 2.75) is 45.4 Å². The van der Waals surface area contributed by atoms with E-state index in [4.69, 9.17) is 26.1 Å². The monoisotopic (exact) mass is 628 g/mol. The van der Waals surface area contributed by atoms with E-state index in [1.807, 2.05) is 35.2 Å². The van der Waals surface area contributed by atoms with Gasteiger partial charge in [0.15, 0.2) is 11.5 Å². The number of halogens is 2. The first-order valence-electron chi connectivity index (χ1n) is 14.4. The molecule has 0 aliphatic carbocycles. The normalized spacial score (nSPS) is 15.3. The molecule has 0 saturated carbocycles. The van der Waals surface area contributed by atoms with Gasteiger partial charge >= 0.3 is 6.09 Å². The first-order chi connectivity index (χ1) is 21.6. The largest absolute Gasteiger partial charge is 0.488 e. The van der Waals surface area contributed by atoms with Gasteiger partial charge in [0.05, 0.1) is 41.2 Å². The summed E-state index contributed by atoms with van der Waals surface area (Å²) in [7, 11) is 0. The van der Waals surface area contributed by atoms with Gasteiger partial charge in [-0.3, -0.25) is 0 Å². The third kappa shape index (κ3) is 6.17. The molecule has 1 saturated heterocycles. The summed E-state index contributed by atoms with van der Waals surface area (Å²) in [5, 5.41) is 14.5. The Balaban J connectivity index is 1.41. The van der Waals surface area contributed by atoms with Gasteiger partial charge in [-0.15, -0.1) is 0 Å². The Morgan fingerprint density at radius 2 is 1.89 bits per heavy atom. The number of rotatable bonds is 6. The van der Waals surface area contributed by atoms with Crippen molar-refractivity contribution in [1.29, 1.82) is 5.26 Å². The molecule has 4 heterocycles. The van der Waals surface area contributed by atoms with Crippen LogP contribution in [0, 0.1) is 17.1 Å². The van der Waals surface area contributed by atoms with Crippen molar-refractivity contribution in [3.8, 4) is 23.2 Å². The van der Waals surface area contributed by atoms with Gasteiger partial charge in [0.1, 0.15) is 29.6 Å². The number of nitrogens with zero attached hydrogens (tertiary/aromatic N) is 8. The number of fused-ring (bicyclic) bond motifs is 3. The summed E-state index contributed by atoms with van der Waals surface area (Å²) in [6, 6.07) is 17.7. The molecule has 0 unspecified atom stereocenters. The van der Waals surface area contributed by atoms with Crippen LogP contribution in [0.5, 0.6) is 5.75 Å². The second kappa shape index (κ2) is 12.2. The molecule has 230 valence electrons. The molecule has 0 radical (unpaired) electrons. The topological polar surface area (TPSA) is 122 Å². The average Bonchev–Trinajstić information content (AvgIpc) is 3.49. The Hall–Kier alpha value is -5.02. The van der Waals surface area contributed by atoms with Gasteiger partial charge in [-0.25, -0.2) is 18.7 Å². The van der Waals surface area contributed by atoms with Gasteiger partial charge in [0.2, 0.25) is 5.28 Å². The molecule has 45 heavy (non-hydrogen) atoms. The number of hydrogen-bond acceptors (Lipinski definition) is 9. The number of carbonyl (C=O) groups is 1. The maximum absolute atomic E-state index is 15.6. The fraction of sp³-hybridized carbons (Fsp3) is 0.312. The number of amides is 1. The van der Waals surface area contributed by atoms with Crippen molar-refractivity contribution in [3.05, 3.63) is 77.5 Å². The number of aromatic nitrogens is 5. The minimum atomic E-state index is -0.677. The van der Waals surface area contributed by atoms with Crippen LogP contribution in [-0.2, 0) is 11.3 Å². The number of carbonyl (C=O) groups excluding carboxylic acids is 1. The Morgan fingerprint density at radius 3 is 2.64 bits per heavy atom. The highest BCUT2D eigenvalue weighted by Crippen LogP contribution is 2.37. The Kier molecular flexibility index (Phi) is 8.12. The SMILES string of the molecule is CC(C)(C)OC(=O)N1CCN(c2nc(Cl)nc3nc(-c4c(F)cccc4OCc4ccccc4)n4nccc4c23)C[C@@H]1CC#N. The molecule has 2 aromatic carbocycles. The number of benzene rings is 2. The van der Waals surface area contributed by atoms with Crippen LogP contribution in [0.4, 0.5) is 15.0 Å². The van der Waals surface area contributed by atoms with Gasteiger partial charge in [-0.05, 0) is 56.1 Å². The zero-order chi connectivity index (χ0) is 31.7. The summed E-state index contributed by atoms with van der Waals surface area (Å²) < 4.78 is 28.8. The van der Waals surface area contributed by atoms with E-state index < -0.39 is 23.6 Å². The molecule has 6 rings (SSSR count). The van der Waals surface area contributed by atoms with Crippen LogP contribution in [0.1, 0.15) is 32.8 Å². The summed E-state index contributed by atoms with van der Waals surface area (Å²) in [4.78, 5) is 30.2. The summed E-state index contributed by atoms with van der Waals surface area (Å²) in [5.41, 5.74) is 1.18. The maximum Gasteiger partial charge on any atom is 0.410 e. The van der Waals surface area contributed by atoms with E-state index in [1.165, 1.54) is 10.6 Å². The van der Waals surface area contributed by atoms with E-state index in [2.05, 4.69) is 21.1 Å². The van der Waals surface area contributed by atoms with Crippen LogP contribution >= 0.6 is 11.6 Å². The molecular formula is C32H30ClFN8O3. The van der Waals surface area contributed by atoms with Gasteiger partial charge < -0.3 is 19.3 Å². The van der Waals surface area contributed by atoms with Crippen LogP contribution in [0.3, 0.4) is 0 Å². The van der Waals surface area contributed by atoms with E-state index >= 15 is 4.39 Å². The fourth-order valence-corrected chi connectivity index (χ4v) is 5.55. The van der Waals surface area contributed by atoms with Crippen molar-refractivity contribution < 1.29 is 18.7 Å². The van der Waals surface area contributed by atoms with Crippen LogP contribution in [0.2, 0.25) is 5.28 Å². The van der Waals surface area contributed by atoms with E-state index in [1.54, 1.807) is 50.1 Å². The molecule has 1 fully saturated rings. The van der Waals surface area contributed by atoms with Crippen molar-refractivity contribution in [2.75, 3.05) is 24.5 Å². The van der Waals surface area contributed by atoms with Crippen LogP contribution in [0.25, 0.3) is 27.9 Å². The van der Waals surface area contributed by atoms with Crippen molar-refractivity contribution >= 4 is 40.1 Å². The van der Waals surface area contributed by atoms with E-state index in [0.29, 0.717) is 42.1 Å². The average molecular weight is 629 g/mol. The van der Waals surface area contributed by atoms with E-state index in [0.717, 1.165) is 5.56 Å². The van der Waals surface area contributed by atoms with Gasteiger partial charge in [-0.2, -0.15) is 20.3 Å². The number of hydrogen-bond donors (Lipinski definition) is 0. The molecule has 0 N–H and O–H groups in total. The Bertz CT molecular complexity index is 1920. The number of ether oxygens (including phenoxy) is 2.